The van der Waals surface area contributed by atoms with Gasteiger partial charge in [-0.25, -0.2) is 0 Å². The summed E-state index contributed by atoms with van der Waals surface area (Å²) < 4.78 is 0. The summed E-state index contributed by atoms with van der Waals surface area (Å²) in [6.07, 6.45) is 2.18. The molecule has 1 fully saturated rings. The van der Waals surface area contributed by atoms with Gasteiger partial charge in [0, 0.05) is 30.7 Å². The average Bonchev–Trinajstić information content (AvgIpc) is 2.94. The highest BCUT2D eigenvalue weighted by Gasteiger charge is 2.35. The van der Waals surface area contributed by atoms with Crippen LogP contribution in [0.25, 0.3) is 10.9 Å². The smallest absolute Gasteiger partial charge is 0.246 e. The lowest BCUT2D eigenvalue weighted by Crippen LogP contribution is -2.36. The Balaban J connectivity index is 1.73. The number of nitrogens with zero attached hydrogens (tertiary/aromatic N) is 1. The molecule has 1 atom stereocenters. The topological polar surface area (TPSA) is 65.2 Å². The number of benzene rings is 1. The van der Waals surface area contributed by atoms with Gasteiger partial charge in [-0.3, -0.25) is 14.5 Å². The summed E-state index contributed by atoms with van der Waals surface area (Å²) in [6, 6.07) is 7.61. The van der Waals surface area contributed by atoms with Gasteiger partial charge in [0.15, 0.2) is 0 Å². The minimum absolute atomic E-state index is 0.124. The molecule has 5 heteroatoms. The van der Waals surface area contributed by atoms with Crippen molar-refractivity contribution in [2.24, 2.45) is 0 Å². The van der Waals surface area contributed by atoms with E-state index in [1.807, 2.05) is 30.5 Å². The Hall–Kier alpha value is -2.14. The van der Waals surface area contributed by atoms with Crippen LogP contribution in [0.2, 0.25) is 0 Å². The number of aromatic nitrogens is 1. The lowest BCUT2D eigenvalue weighted by molar-refractivity contribution is -0.137. The van der Waals surface area contributed by atoms with Crippen molar-refractivity contribution in [1.29, 1.82) is 0 Å². The molecule has 1 aromatic carbocycles. The first-order valence-corrected chi connectivity index (χ1v) is 6.25. The maximum atomic E-state index is 11.8. The van der Waals surface area contributed by atoms with E-state index in [4.69, 9.17) is 0 Å². The second-order valence-corrected chi connectivity index (χ2v) is 4.79. The number of likely N-dealkylation sites (N-methyl/N-ethyl adjacent to an activating group) is 1. The Labute approximate surface area is 110 Å². The Kier molecular flexibility index (Phi) is 2.83. The fraction of sp³-hybridized carbons (Fsp3) is 0.286. The molecule has 1 saturated heterocycles. The maximum Gasteiger partial charge on any atom is 0.246 e. The van der Waals surface area contributed by atoms with Crippen LogP contribution in [0.15, 0.2) is 30.5 Å². The van der Waals surface area contributed by atoms with E-state index in [1.54, 1.807) is 0 Å². The number of nitrogens with one attached hydrogen (secondary N) is 2. The largest absolute Gasteiger partial charge is 0.361 e. The van der Waals surface area contributed by atoms with Crippen molar-refractivity contribution < 1.29 is 9.59 Å². The lowest BCUT2D eigenvalue weighted by Gasteiger charge is -2.10. The van der Waals surface area contributed by atoms with Crippen molar-refractivity contribution in [2.45, 2.75) is 19.0 Å². The minimum atomic E-state index is -0.397. The third-order valence-electron chi connectivity index (χ3n) is 3.60. The molecule has 19 heavy (non-hydrogen) atoms. The van der Waals surface area contributed by atoms with E-state index in [2.05, 4.69) is 10.3 Å². The highest BCUT2D eigenvalue weighted by atomic mass is 16.2. The monoisotopic (exact) mass is 257 g/mol. The van der Waals surface area contributed by atoms with E-state index in [0.717, 1.165) is 16.5 Å². The molecule has 1 aromatic heterocycles. The molecule has 3 rings (SSSR count). The van der Waals surface area contributed by atoms with Gasteiger partial charge in [0.25, 0.3) is 0 Å². The predicted molar refractivity (Wildman–Crippen MR) is 71.3 cm³/mol. The Morgan fingerprint density at radius 1 is 1.37 bits per heavy atom. The van der Waals surface area contributed by atoms with E-state index in [1.165, 1.54) is 11.9 Å². The van der Waals surface area contributed by atoms with E-state index >= 15 is 0 Å². The van der Waals surface area contributed by atoms with E-state index in [-0.39, 0.29) is 18.2 Å². The van der Waals surface area contributed by atoms with Gasteiger partial charge in [-0.2, -0.15) is 0 Å². The number of aromatic amines is 1. The van der Waals surface area contributed by atoms with Crippen LogP contribution in [0.5, 0.6) is 0 Å². The van der Waals surface area contributed by atoms with Crippen molar-refractivity contribution in [3.05, 3.63) is 36.0 Å². The van der Waals surface area contributed by atoms with Gasteiger partial charge in [0.05, 0.1) is 12.5 Å². The normalized spacial score (nSPS) is 19.6. The van der Waals surface area contributed by atoms with Crippen LogP contribution in [-0.2, 0) is 16.1 Å². The number of imide groups is 1. The third kappa shape index (κ3) is 2.02. The van der Waals surface area contributed by atoms with E-state index < -0.39 is 6.04 Å². The number of likely N-dealkylation sites (tertiary alicyclic amines) is 1. The molecule has 1 aliphatic heterocycles. The van der Waals surface area contributed by atoms with E-state index in [0.29, 0.717) is 6.54 Å². The standard InChI is InChI=1S/C14H15N3O2/c1-17-13(18)6-12(14(17)19)16-8-9-7-15-11-5-3-2-4-10(9)11/h2-5,7,12,15-16H,6,8H2,1H3. The molecular formula is C14H15N3O2. The summed E-state index contributed by atoms with van der Waals surface area (Å²) in [7, 11) is 1.53. The fourth-order valence-corrected chi connectivity index (χ4v) is 2.43. The van der Waals surface area contributed by atoms with Gasteiger partial charge in [-0.15, -0.1) is 0 Å². The Morgan fingerprint density at radius 3 is 2.89 bits per heavy atom. The zero-order valence-corrected chi connectivity index (χ0v) is 10.6. The fourth-order valence-electron chi connectivity index (χ4n) is 2.43. The summed E-state index contributed by atoms with van der Waals surface area (Å²) in [4.78, 5) is 27.6. The van der Waals surface area contributed by atoms with Crippen LogP contribution in [0.3, 0.4) is 0 Å². The van der Waals surface area contributed by atoms with Gasteiger partial charge in [0.2, 0.25) is 11.8 Å². The summed E-state index contributed by atoms with van der Waals surface area (Å²) >= 11 is 0. The quantitative estimate of drug-likeness (QED) is 0.807. The van der Waals surface area contributed by atoms with Crippen LogP contribution < -0.4 is 5.32 Å². The first-order chi connectivity index (χ1) is 9.16. The molecule has 2 N–H and O–H groups in total. The van der Waals surface area contributed by atoms with Gasteiger partial charge >= 0.3 is 0 Å². The second-order valence-electron chi connectivity index (χ2n) is 4.79. The number of H-pyrrole nitrogens is 1. The Morgan fingerprint density at radius 2 is 2.16 bits per heavy atom. The first-order valence-electron chi connectivity index (χ1n) is 6.25. The maximum absolute atomic E-state index is 11.8. The predicted octanol–water partition coefficient (Wildman–Crippen LogP) is 1.01. The van der Waals surface area contributed by atoms with Gasteiger partial charge in [-0.1, -0.05) is 18.2 Å². The van der Waals surface area contributed by atoms with Gasteiger partial charge in [-0.05, 0) is 11.6 Å². The molecule has 1 unspecified atom stereocenters. The van der Waals surface area contributed by atoms with Crippen LogP contribution in [-0.4, -0.2) is 34.8 Å². The van der Waals surface area contributed by atoms with Gasteiger partial charge in [0.1, 0.15) is 0 Å². The molecule has 5 nitrogen and oxygen atoms in total. The molecule has 98 valence electrons. The molecule has 0 radical (unpaired) electrons. The van der Waals surface area contributed by atoms with E-state index in [9.17, 15) is 9.59 Å². The molecule has 2 amide bonds. The molecule has 0 bridgehead atoms. The average molecular weight is 257 g/mol. The molecule has 0 spiro atoms. The number of para-hydroxylation sites is 1. The minimum Gasteiger partial charge on any atom is -0.361 e. The zero-order chi connectivity index (χ0) is 13.4. The van der Waals surface area contributed by atoms with Crippen molar-refractivity contribution >= 4 is 22.7 Å². The molecule has 2 heterocycles. The van der Waals surface area contributed by atoms with Crippen molar-refractivity contribution in [1.82, 2.24) is 15.2 Å². The molecule has 1 aliphatic rings. The second kappa shape index (κ2) is 4.51. The van der Waals surface area contributed by atoms with Crippen molar-refractivity contribution in [2.75, 3.05) is 7.05 Å². The van der Waals surface area contributed by atoms with Crippen molar-refractivity contribution in [3.8, 4) is 0 Å². The number of amides is 2. The highest BCUT2D eigenvalue weighted by Crippen LogP contribution is 2.18. The number of rotatable bonds is 3. The zero-order valence-electron chi connectivity index (χ0n) is 10.6. The molecular weight excluding hydrogens is 242 g/mol. The Bertz CT molecular complexity index is 647. The van der Waals surface area contributed by atoms with Crippen LogP contribution >= 0.6 is 0 Å². The summed E-state index contributed by atoms with van der Waals surface area (Å²) in [6.45, 7) is 0.571. The van der Waals surface area contributed by atoms with Crippen LogP contribution in [0, 0.1) is 0 Å². The summed E-state index contributed by atoms with van der Waals surface area (Å²) in [5.74, 6) is -0.272. The SMILES string of the molecule is CN1C(=O)CC(NCc2c[nH]c3ccccc23)C1=O. The number of carbonyl (C=O) groups is 2. The van der Waals surface area contributed by atoms with Crippen molar-refractivity contribution in [3.63, 3.8) is 0 Å². The first kappa shape index (κ1) is 11.9. The lowest BCUT2D eigenvalue weighted by atomic mass is 10.1. The number of hydrogen-bond donors (Lipinski definition) is 2. The summed E-state index contributed by atoms with van der Waals surface area (Å²) in [5.41, 5.74) is 2.18. The van der Waals surface area contributed by atoms with Gasteiger partial charge < -0.3 is 10.3 Å². The third-order valence-corrected chi connectivity index (χ3v) is 3.60. The summed E-state index contributed by atoms with van der Waals surface area (Å²) in [5, 5.41) is 4.29. The highest BCUT2D eigenvalue weighted by molar-refractivity contribution is 6.05. The number of carbonyl (C=O) groups excluding carboxylic acids is 2. The molecule has 2 aromatic rings. The van der Waals surface area contributed by atoms with Crippen LogP contribution in [0.1, 0.15) is 12.0 Å². The number of hydrogen-bond acceptors (Lipinski definition) is 3. The molecule has 0 saturated carbocycles. The number of fused-ring (bicyclic) bond motifs is 1. The van der Waals surface area contributed by atoms with Crippen LogP contribution in [0.4, 0.5) is 0 Å². The molecule has 0 aliphatic carbocycles.